The molecule has 0 heterocycles. The predicted molar refractivity (Wildman–Crippen MR) is 442 cm³/mol. The summed E-state index contributed by atoms with van der Waals surface area (Å²) < 4.78 is 0. The van der Waals surface area contributed by atoms with Gasteiger partial charge in [0.05, 0.1) is 0 Å². The van der Waals surface area contributed by atoms with Crippen molar-refractivity contribution in [1.29, 1.82) is 0 Å². The van der Waals surface area contributed by atoms with Gasteiger partial charge in [0.2, 0.25) is 0 Å². The molecule has 0 fully saturated rings. The van der Waals surface area contributed by atoms with Crippen LogP contribution in [0.4, 0.5) is 0 Å². The van der Waals surface area contributed by atoms with Crippen molar-refractivity contribution in [1.82, 2.24) is 4.90 Å². The van der Waals surface area contributed by atoms with Crippen LogP contribution in [0.15, 0.2) is 388 Å². The number of fused-ring (bicyclic) bond motifs is 4. The van der Waals surface area contributed by atoms with E-state index in [-0.39, 0.29) is 0 Å². The van der Waals surface area contributed by atoms with Crippen molar-refractivity contribution in [3.8, 4) is 22.3 Å². The van der Waals surface area contributed by atoms with Crippen molar-refractivity contribution in [3.05, 3.63) is 388 Å². The summed E-state index contributed by atoms with van der Waals surface area (Å²) in [6.45, 7) is 10.1. The van der Waals surface area contributed by atoms with Crippen molar-refractivity contribution in [3.63, 3.8) is 0 Å². The van der Waals surface area contributed by atoms with Gasteiger partial charge in [-0.2, -0.15) is 0 Å². The Labute approximate surface area is 590 Å². The van der Waals surface area contributed by atoms with Crippen LogP contribution in [0.25, 0.3) is 65.3 Å². The average Bonchev–Trinajstić information content (AvgIpc) is 0.740. The predicted octanol–water partition coefficient (Wildman–Crippen LogP) is 19.7. The third-order valence-corrected chi connectivity index (χ3v) is 28.5. The Morgan fingerprint density at radius 2 is 0.323 bits per heavy atom. The standard InChI is InChI=1S/2C44H32P2.C6H15N/c2*1-5-19-35(20-6-1)45(36-21-7-2-8-22-36)41-31-29-33-17-13-15-27-39(33)43(41)44-40-28-16-14-18-34(40)30-32-42(44)46(37-23-9-3-10-24-37)38-25-11-4-12-26-38;1-4-7(5-2)6-3/h2*1-32H;4-6H2,1-3H3. The van der Waals surface area contributed by atoms with Crippen LogP contribution >= 0.6 is 31.7 Å². The van der Waals surface area contributed by atoms with E-state index in [4.69, 9.17) is 0 Å². The van der Waals surface area contributed by atoms with E-state index < -0.39 is 31.7 Å². The molecule has 1 nitrogen and oxygen atoms in total. The summed E-state index contributed by atoms with van der Waals surface area (Å²) in [6, 6.07) is 144. The number of benzene rings is 16. The molecular weight excluding hydrogens is 1270 g/mol. The maximum absolute atomic E-state index is 2.42. The summed E-state index contributed by atoms with van der Waals surface area (Å²) in [6.07, 6.45) is 0. The van der Waals surface area contributed by atoms with E-state index in [1.165, 1.54) is 149 Å². The fraction of sp³-hybridized carbons (Fsp3) is 0.0638. The van der Waals surface area contributed by atoms with Gasteiger partial charge in [0, 0.05) is 0 Å². The third kappa shape index (κ3) is 14.6. The van der Waals surface area contributed by atoms with Gasteiger partial charge in [0.15, 0.2) is 0 Å². The van der Waals surface area contributed by atoms with Crippen LogP contribution in [-0.2, 0) is 0 Å². The van der Waals surface area contributed by atoms with Crippen molar-refractivity contribution < 1.29 is 0 Å². The fourth-order valence-corrected chi connectivity index (χ4v) is 23.7. The Morgan fingerprint density at radius 3 is 0.475 bits per heavy atom. The second-order valence-electron chi connectivity index (χ2n) is 24.4. The molecule has 0 aromatic heterocycles. The molecule has 16 rings (SSSR count). The largest absolute Gasteiger partial charge is 0.304 e. The molecule has 0 unspecified atom stereocenters. The van der Waals surface area contributed by atoms with Crippen molar-refractivity contribution in [2.45, 2.75) is 20.8 Å². The van der Waals surface area contributed by atoms with Crippen LogP contribution in [0.5, 0.6) is 0 Å². The zero-order valence-corrected chi connectivity index (χ0v) is 59.9. The van der Waals surface area contributed by atoms with Crippen LogP contribution in [0.1, 0.15) is 20.8 Å². The molecule has 99 heavy (non-hydrogen) atoms. The summed E-state index contributed by atoms with van der Waals surface area (Å²) >= 11 is 0. The van der Waals surface area contributed by atoms with Gasteiger partial charge in [-0.3, -0.25) is 0 Å². The zero-order chi connectivity index (χ0) is 67.1. The van der Waals surface area contributed by atoms with Crippen LogP contribution in [0, 0.1) is 0 Å². The Kier molecular flexibility index (Phi) is 21.7. The topological polar surface area (TPSA) is 3.24 Å². The molecule has 5 heteroatoms. The summed E-state index contributed by atoms with van der Waals surface area (Å²) in [5.41, 5.74) is 5.40. The zero-order valence-electron chi connectivity index (χ0n) is 56.3. The van der Waals surface area contributed by atoms with E-state index in [0.29, 0.717) is 0 Å². The van der Waals surface area contributed by atoms with E-state index in [1.807, 2.05) is 0 Å². The molecule has 16 aromatic carbocycles. The van der Waals surface area contributed by atoms with Crippen LogP contribution in [0.3, 0.4) is 0 Å². The molecule has 0 saturated carbocycles. The highest BCUT2D eigenvalue weighted by Crippen LogP contribution is 2.48. The van der Waals surface area contributed by atoms with Gasteiger partial charge < -0.3 is 4.90 Å². The lowest BCUT2D eigenvalue weighted by atomic mass is 9.93. The van der Waals surface area contributed by atoms with E-state index >= 15 is 0 Å². The van der Waals surface area contributed by atoms with E-state index in [2.05, 4.69) is 414 Å². The van der Waals surface area contributed by atoms with E-state index in [9.17, 15) is 0 Å². The molecule has 16 aromatic rings. The lowest BCUT2D eigenvalue weighted by molar-refractivity contribution is 0.321. The second kappa shape index (κ2) is 32.3. The van der Waals surface area contributed by atoms with Gasteiger partial charge in [-0.05, 0) is 180 Å². The van der Waals surface area contributed by atoms with Crippen LogP contribution < -0.4 is 63.7 Å². The fourth-order valence-electron chi connectivity index (χ4n) is 13.8. The van der Waals surface area contributed by atoms with E-state index in [0.717, 1.165) is 0 Å². The number of hydrogen-bond acceptors (Lipinski definition) is 1. The first-order chi connectivity index (χ1) is 49.1. The lowest BCUT2D eigenvalue weighted by Gasteiger charge is -2.28. The van der Waals surface area contributed by atoms with Gasteiger partial charge in [-0.15, -0.1) is 0 Å². The molecule has 0 aliphatic carbocycles. The van der Waals surface area contributed by atoms with Crippen molar-refractivity contribution in [2.75, 3.05) is 19.6 Å². The van der Waals surface area contributed by atoms with E-state index in [1.54, 1.807) is 0 Å². The summed E-state index contributed by atoms with van der Waals surface area (Å²) in [5, 5.41) is 26.7. The Balaban J connectivity index is 0.000000154. The Morgan fingerprint density at radius 1 is 0.172 bits per heavy atom. The lowest BCUT2D eigenvalue weighted by Crippen LogP contribution is -2.26. The van der Waals surface area contributed by atoms with Crippen LogP contribution in [0.2, 0.25) is 0 Å². The molecule has 0 amide bonds. The first-order valence-corrected chi connectivity index (χ1v) is 39.9. The number of nitrogens with zero attached hydrogens (tertiary/aromatic N) is 1. The van der Waals surface area contributed by atoms with Crippen molar-refractivity contribution in [2.24, 2.45) is 0 Å². The molecule has 0 atom stereocenters. The normalized spacial score (nSPS) is 11.4. The van der Waals surface area contributed by atoms with Gasteiger partial charge in [-0.1, -0.05) is 409 Å². The van der Waals surface area contributed by atoms with Crippen LogP contribution in [-0.4, -0.2) is 24.5 Å². The summed E-state index contributed by atoms with van der Waals surface area (Å²) in [7, 11) is -3.41. The maximum atomic E-state index is 2.42. The molecule has 0 spiro atoms. The van der Waals surface area contributed by atoms with Gasteiger partial charge in [0.25, 0.3) is 0 Å². The molecule has 0 N–H and O–H groups in total. The quantitative estimate of drug-likeness (QED) is 0.0822. The maximum Gasteiger partial charge on any atom is -0.000884 e. The number of hydrogen-bond donors (Lipinski definition) is 0. The SMILES string of the molecule is CCN(CC)CC.c1ccc(P(c2ccccc2)c2ccc3ccccc3c2-c2c(P(c3ccccc3)c3ccccc3)ccc3ccccc23)cc1.c1ccc(P(c2ccccc2)c2ccc3ccccc3c2-c2c(P(c3ccccc3)c3ccccc3)ccc3ccccc23)cc1. The third-order valence-electron chi connectivity index (χ3n) is 18.5. The van der Waals surface area contributed by atoms with Gasteiger partial charge in [-0.25, -0.2) is 0 Å². The second-order valence-corrected chi connectivity index (χ2v) is 33.1. The molecule has 0 aliphatic rings. The minimum absolute atomic E-state index is 0.852. The average molecular weight is 1350 g/mol. The first kappa shape index (κ1) is 66.5. The molecular formula is C94H79NP4. The highest BCUT2D eigenvalue weighted by atomic mass is 31.1. The molecule has 0 saturated heterocycles. The van der Waals surface area contributed by atoms with Crippen molar-refractivity contribution >= 4 is 138 Å². The Bertz CT molecular complexity index is 4450. The molecule has 0 bridgehead atoms. The number of rotatable bonds is 17. The minimum Gasteiger partial charge on any atom is -0.304 e. The van der Waals surface area contributed by atoms with Gasteiger partial charge in [0.1, 0.15) is 0 Å². The summed E-state index contributed by atoms with van der Waals surface area (Å²) in [4.78, 5) is 2.38. The van der Waals surface area contributed by atoms with Gasteiger partial charge >= 0.3 is 0 Å². The minimum atomic E-state index is -0.852. The molecule has 480 valence electrons. The Hall–Kier alpha value is -9.76. The summed E-state index contributed by atoms with van der Waals surface area (Å²) in [5.74, 6) is 0. The molecule has 0 aliphatic heterocycles. The monoisotopic (exact) mass is 1350 g/mol. The smallest absolute Gasteiger partial charge is 0.000884 e. The first-order valence-electron chi connectivity index (χ1n) is 34.5. The highest BCUT2D eigenvalue weighted by molar-refractivity contribution is 7.81. The highest BCUT2D eigenvalue weighted by Gasteiger charge is 2.31. The molecule has 0 radical (unpaired) electrons.